The number of aryl methyl sites for hydroxylation is 1. The van der Waals surface area contributed by atoms with Crippen molar-refractivity contribution in [3.8, 4) is 11.1 Å². The number of hydrogen-bond donors (Lipinski definition) is 1. The number of nitrogens with zero attached hydrogens (tertiary/aromatic N) is 3. The third-order valence-corrected chi connectivity index (χ3v) is 6.11. The molecule has 24 heavy (non-hydrogen) atoms. The number of hydrogen-bond acceptors (Lipinski definition) is 2. The standard InChI is InChI=1S/C20H22N4/c1-20(2)17-6-4-5-14(18(17)20)12-7-15-16(10-22-19(15)21-8-12)13-9-23-24(3)11-13/h5,7-11,17-18H,4,6H2,1-3H3,(H,21,22). The van der Waals surface area contributed by atoms with E-state index in [0.29, 0.717) is 11.3 Å². The topological polar surface area (TPSA) is 46.5 Å². The van der Waals surface area contributed by atoms with Gasteiger partial charge in [0.2, 0.25) is 0 Å². The minimum absolute atomic E-state index is 0.446. The van der Waals surface area contributed by atoms with Gasteiger partial charge in [-0.05, 0) is 47.3 Å². The van der Waals surface area contributed by atoms with Crippen LogP contribution in [0.2, 0.25) is 0 Å². The van der Waals surface area contributed by atoms with Gasteiger partial charge in [0.15, 0.2) is 0 Å². The Bertz CT molecular complexity index is 973. The lowest BCUT2D eigenvalue weighted by molar-refractivity contribution is 0.536. The highest BCUT2D eigenvalue weighted by Gasteiger charge is 2.59. The molecule has 2 aliphatic carbocycles. The Labute approximate surface area is 141 Å². The van der Waals surface area contributed by atoms with Crippen molar-refractivity contribution in [3.05, 3.63) is 42.5 Å². The molecule has 4 heteroatoms. The van der Waals surface area contributed by atoms with Crippen LogP contribution in [0.25, 0.3) is 27.7 Å². The molecule has 0 spiro atoms. The summed E-state index contributed by atoms with van der Waals surface area (Å²) in [5, 5.41) is 5.48. The van der Waals surface area contributed by atoms with Gasteiger partial charge in [-0.25, -0.2) is 4.98 Å². The van der Waals surface area contributed by atoms with E-state index >= 15 is 0 Å². The monoisotopic (exact) mass is 318 g/mol. The summed E-state index contributed by atoms with van der Waals surface area (Å²) in [5.41, 5.74) is 6.49. The summed E-state index contributed by atoms with van der Waals surface area (Å²) >= 11 is 0. The molecular weight excluding hydrogens is 296 g/mol. The molecule has 3 heterocycles. The molecular formula is C20H22N4. The van der Waals surface area contributed by atoms with Gasteiger partial charge >= 0.3 is 0 Å². The normalized spacial score (nSPS) is 24.7. The van der Waals surface area contributed by atoms with Gasteiger partial charge in [0.25, 0.3) is 0 Å². The van der Waals surface area contributed by atoms with Crippen molar-refractivity contribution in [2.24, 2.45) is 24.3 Å². The van der Waals surface area contributed by atoms with Gasteiger partial charge < -0.3 is 4.98 Å². The Kier molecular flexibility index (Phi) is 2.68. The summed E-state index contributed by atoms with van der Waals surface area (Å²) in [5.74, 6) is 1.54. The number of aromatic nitrogens is 4. The van der Waals surface area contributed by atoms with E-state index in [1.807, 2.05) is 30.3 Å². The number of fused-ring (bicyclic) bond motifs is 2. The van der Waals surface area contributed by atoms with E-state index in [9.17, 15) is 0 Å². The zero-order valence-electron chi connectivity index (χ0n) is 14.4. The summed E-state index contributed by atoms with van der Waals surface area (Å²) < 4.78 is 1.84. The Hall–Kier alpha value is -2.36. The quantitative estimate of drug-likeness (QED) is 0.760. The first kappa shape index (κ1) is 14.0. The summed E-state index contributed by atoms with van der Waals surface area (Å²) in [7, 11) is 1.95. The van der Waals surface area contributed by atoms with Crippen molar-refractivity contribution < 1.29 is 0 Å². The van der Waals surface area contributed by atoms with Crippen LogP contribution in [-0.4, -0.2) is 19.7 Å². The second-order valence-electron chi connectivity index (χ2n) is 7.87. The van der Waals surface area contributed by atoms with Crippen LogP contribution in [0.15, 0.2) is 36.9 Å². The van der Waals surface area contributed by atoms with E-state index in [-0.39, 0.29) is 0 Å². The molecule has 1 saturated carbocycles. The van der Waals surface area contributed by atoms with Gasteiger partial charge in [-0.3, -0.25) is 4.68 Å². The van der Waals surface area contributed by atoms with E-state index in [1.165, 1.54) is 34.9 Å². The van der Waals surface area contributed by atoms with Gasteiger partial charge in [-0.1, -0.05) is 19.9 Å². The summed E-state index contributed by atoms with van der Waals surface area (Å²) in [4.78, 5) is 7.98. The van der Waals surface area contributed by atoms with Crippen LogP contribution in [0, 0.1) is 17.3 Å². The smallest absolute Gasteiger partial charge is 0.137 e. The number of rotatable bonds is 2. The Morgan fingerprint density at radius 1 is 1.25 bits per heavy atom. The van der Waals surface area contributed by atoms with E-state index in [0.717, 1.165) is 17.1 Å². The fourth-order valence-corrected chi connectivity index (χ4v) is 4.70. The maximum atomic E-state index is 4.69. The molecule has 4 nitrogen and oxygen atoms in total. The zero-order chi connectivity index (χ0) is 16.5. The Morgan fingerprint density at radius 3 is 2.92 bits per heavy atom. The molecule has 122 valence electrons. The molecule has 1 fully saturated rings. The van der Waals surface area contributed by atoms with Gasteiger partial charge in [0.1, 0.15) is 5.65 Å². The molecule has 1 N–H and O–H groups in total. The number of nitrogens with one attached hydrogen (secondary N) is 1. The molecule has 0 bridgehead atoms. The van der Waals surface area contributed by atoms with Crippen LogP contribution >= 0.6 is 0 Å². The Morgan fingerprint density at radius 2 is 2.12 bits per heavy atom. The lowest BCUT2D eigenvalue weighted by Crippen LogP contribution is -1.97. The predicted molar refractivity (Wildman–Crippen MR) is 96.3 cm³/mol. The lowest BCUT2D eigenvalue weighted by Gasteiger charge is -2.12. The van der Waals surface area contributed by atoms with E-state index in [4.69, 9.17) is 0 Å². The summed E-state index contributed by atoms with van der Waals surface area (Å²) in [6.07, 6.45) is 13.0. The lowest BCUT2D eigenvalue weighted by atomic mass is 9.93. The number of pyridine rings is 1. The SMILES string of the molecule is Cn1cc(-c2c[nH]c3ncc(C4=CCCC5C4C5(C)C)cc23)cn1. The summed E-state index contributed by atoms with van der Waals surface area (Å²) in [6, 6.07) is 2.31. The second kappa shape index (κ2) is 4.59. The first-order valence-corrected chi connectivity index (χ1v) is 8.72. The maximum absolute atomic E-state index is 4.69. The average molecular weight is 318 g/mol. The van der Waals surface area contributed by atoms with Crippen molar-refractivity contribution in [1.29, 1.82) is 0 Å². The maximum Gasteiger partial charge on any atom is 0.137 e. The molecule has 2 atom stereocenters. The van der Waals surface area contributed by atoms with Gasteiger partial charge in [0.05, 0.1) is 6.20 Å². The molecule has 5 rings (SSSR count). The van der Waals surface area contributed by atoms with Crippen LogP contribution in [-0.2, 0) is 7.05 Å². The third-order valence-electron chi connectivity index (χ3n) is 6.11. The van der Waals surface area contributed by atoms with Crippen molar-refractivity contribution in [2.45, 2.75) is 26.7 Å². The van der Waals surface area contributed by atoms with E-state index in [1.54, 1.807) is 0 Å². The average Bonchev–Trinajstić information content (AvgIpc) is 2.95. The highest BCUT2D eigenvalue weighted by Crippen LogP contribution is 2.67. The van der Waals surface area contributed by atoms with Crippen molar-refractivity contribution in [3.63, 3.8) is 0 Å². The fourth-order valence-electron chi connectivity index (χ4n) is 4.70. The van der Waals surface area contributed by atoms with Crippen LogP contribution in [0.1, 0.15) is 32.3 Å². The van der Waals surface area contributed by atoms with Crippen molar-refractivity contribution >= 4 is 16.6 Å². The minimum atomic E-state index is 0.446. The van der Waals surface area contributed by atoms with E-state index < -0.39 is 0 Å². The minimum Gasteiger partial charge on any atom is -0.346 e. The van der Waals surface area contributed by atoms with Crippen LogP contribution in [0.3, 0.4) is 0 Å². The molecule has 2 unspecified atom stereocenters. The highest BCUT2D eigenvalue weighted by atomic mass is 15.2. The van der Waals surface area contributed by atoms with Crippen molar-refractivity contribution in [2.75, 3.05) is 0 Å². The third kappa shape index (κ3) is 1.86. The predicted octanol–water partition coefficient (Wildman–Crippen LogP) is 4.41. The first-order valence-electron chi connectivity index (χ1n) is 8.72. The number of allylic oxidation sites excluding steroid dienone is 2. The van der Waals surface area contributed by atoms with Gasteiger partial charge in [0, 0.05) is 42.2 Å². The zero-order valence-corrected chi connectivity index (χ0v) is 14.4. The first-order chi connectivity index (χ1) is 11.6. The largest absolute Gasteiger partial charge is 0.346 e. The molecule has 3 aromatic heterocycles. The Balaban J connectivity index is 1.62. The van der Waals surface area contributed by atoms with Crippen LogP contribution in [0.5, 0.6) is 0 Å². The molecule has 2 aliphatic rings. The molecule has 0 amide bonds. The highest BCUT2D eigenvalue weighted by molar-refractivity contribution is 5.95. The molecule has 0 radical (unpaired) electrons. The second-order valence-corrected chi connectivity index (χ2v) is 7.87. The van der Waals surface area contributed by atoms with Crippen molar-refractivity contribution in [1.82, 2.24) is 19.7 Å². The molecule has 0 saturated heterocycles. The van der Waals surface area contributed by atoms with Gasteiger partial charge in [-0.2, -0.15) is 5.10 Å². The number of aromatic amines is 1. The molecule has 3 aromatic rings. The van der Waals surface area contributed by atoms with Crippen LogP contribution < -0.4 is 0 Å². The molecule has 0 aliphatic heterocycles. The van der Waals surface area contributed by atoms with Crippen LogP contribution in [0.4, 0.5) is 0 Å². The molecule has 0 aromatic carbocycles. The van der Waals surface area contributed by atoms with Gasteiger partial charge in [-0.15, -0.1) is 0 Å². The fraction of sp³-hybridized carbons (Fsp3) is 0.400. The van der Waals surface area contributed by atoms with E-state index in [2.05, 4.69) is 47.3 Å². The summed E-state index contributed by atoms with van der Waals surface area (Å²) in [6.45, 7) is 4.82. The number of H-pyrrole nitrogens is 1.